The molecule has 0 atom stereocenters. The molecule has 0 amide bonds. The monoisotopic (exact) mass is 557 g/mol. The van der Waals surface area contributed by atoms with Crippen LogP contribution in [-0.4, -0.2) is 69.5 Å². The van der Waals surface area contributed by atoms with Gasteiger partial charge in [-0.2, -0.15) is 0 Å². The zero-order valence-corrected chi connectivity index (χ0v) is 24.2. The Balaban J connectivity index is 1.23. The summed E-state index contributed by atoms with van der Waals surface area (Å²) >= 11 is 1.81. The van der Waals surface area contributed by atoms with Gasteiger partial charge in [-0.1, -0.05) is 18.2 Å². The van der Waals surface area contributed by atoms with Gasteiger partial charge in [0.1, 0.15) is 18.1 Å². The molecule has 0 spiro atoms. The van der Waals surface area contributed by atoms with Crippen molar-refractivity contribution < 1.29 is 14.2 Å². The van der Waals surface area contributed by atoms with E-state index in [2.05, 4.69) is 64.4 Å². The molecular weight excluding hydrogens is 518 g/mol. The molecule has 2 aliphatic heterocycles. The van der Waals surface area contributed by atoms with Crippen molar-refractivity contribution in [2.45, 2.75) is 25.8 Å². The second-order valence-electron chi connectivity index (χ2n) is 10.8. The van der Waals surface area contributed by atoms with Crippen molar-refractivity contribution in [3.8, 4) is 21.9 Å². The lowest BCUT2D eigenvalue weighted by Crippen LogP contribution is -2.35. The van der Waals surface area contributed by atoms with E-state index in [9.17, 15) is 0 Å². The first-order valence-electron chi connectivity index (χ1n) is 14.4. The Labute approximate surface area is 241 Å². The summed E-state index contributed by atoms with van der Waals surface area (Å²) in [6.07, 6.45) is 3.44. The number of hydrogen-bond donors (Lipinski definition) is 1. The Morgan fingerprint density at radius 2 is 1.70 bits per heavy atom. The number of nitrogen functional groups attached to an aromatic ring is 1. The SMILES string of the molecule is COc1cc(Cc2c(-c3ccc(OCCN4CCCC4)cc3)sc3cc(N)ccc23)ccc1CN1CCOCC1. The average molecular weight is 558 g/mol. The lowest BCUT2D eigenvalue weighted by atomic mass is 9.97. The highest BCUT2D eigenvalue weighted by atomic mass is 32.1. The van der Waals surface area contributed by atoms with Gasteiger partial charge in [0.25, 0.3) is 0 Å². The number of ether oxygens (including phenoxy) is 3. The summed E-state index contributed by atoms with van der Waals surface area (Å²) in [5.41, 5.74) is 12.0. The Bertz CT molecular complexity index is 1420. The molecule has 40 heavy (non-hydrogen) atoms. The first-order valence-corrected chi connectivity index (χ1v) is 15.2. The third-order valence-corrected chi connectivity index (χ3v) is 9.28. The first kappa shape index (κ1) is 27.1. The van der Waals surface area contributed by atoms with E-state index in [-0.39, 0.29) is 0 Å². The number of thiophene rings is 1. The first-order chi connectivity index (χ1) is 19.7. The van der Waals surface area contributed by atoms with Crippen LogP contribution < -0.4 is 15.2 Å². The summed E-state index contributed by atoms with van der Waals surface area (Å²) in [7, 11) is 1.77. The number of morpholine rings is 1. The number of fused-ring (bicyclic) bond motifs is 1. The molecule has 3 heterocycles. The predicted octanol–water partition coefficient (Wildman–Crippen LogP) is 6.06. The lowest BCUT2D eigenvalue weighted by molar-refractivity contribution is 0.0339. The Hall–Kier alpha value is -3.10. The third kappa shape index (κ3) is 6.28. The average Bonchev–Trinajstić information content (AvgIpc) is 3.63. The smallest absolute Gasteiger partial charge is 0.123 e. The second-order valence-corrected chi connectivity index (χ2v) is 11.9. The topological polar surface area (TPSA) is 60.2 Å². The number of likely N-dealkylation sites (tertiary alicyclic amines) is 1. The van der Waals surface area contributed by atoms with Crippen molar-refractivity contribution in [1.82, 2.24) is 9.80 Å². The molecule has 6 rings (SSSR count). The Morgan fingerprint density at radius 1 is 0.900 bits per heavy atom. The normalized spacial score (nSPS) is 16.5. The fraction of sp³-hybridized carbons (Fsp3) is 0.394. The molecule has 0 bridgehead atoms. The highest BCUT2D eigenvalue weighted by Gasteiger charge is 2.18. The van der Waals surface area contributed by atoms with Crippen molar-refractivity contribution in [2.75, 3.05) is 65.4 Å². The third-order valence-electron chi connectivity index (χ3n) is 8.04. The van der Waals surface area contributed by atoms with E-state index in [1.165, 1.54) is 63.1 Å². The van der Waals surface area contributed by atoms with Gasteiger partial charge in [0.05, 0.1) is 20.3 Å². The van der Waals surface area contributed by atoms with Gasteiger partial charge in [-0.15, -0.1) is 11.3 Å². The van der Waals surface area contributed by atoms with Gasteiger partial charge in [-0.05, 0) is 96.9 Å². The minimum absolute atomic E-state index is 0.732. The van der Waals surface area contributed by atoms with Crippen LogP contribution in [-0.2, 0) is 17.7 Å². The Kier molecular flexibility index (Phi) is 8.54. The number of benzene rings is 3. The molecule has 6 nitrogen and oxygen atoms in total. The van der Waals surface area contributed by atoms with Crippen LogP contribution in [0.2, 0.25) is 0 Å². The van der Waals surface area contributed by atoms with E-state index in [1.54, 1.807) is 7.11 Å². The van der Waals surface area contributed by atoms with Crippen LogP contribution in [0.4, 0.5) is 5.69 Å². The molecule has 0 unspecified atom stereocenters. The van der Waals surface area contributed by atoms with Gasteiger partial charge in [-0.3, -0.25) is 9.80 Å². The van der Waals surface area contributed by atoms with Crippen molar-refractivity contribution in [1.29, 1.82) is 0 Å². The molecule has 0 saturated carbocycles. The maximum atomic E-state index is 6.18. The Morgan fingerprint density at radius 3 is 2.48 bits per heavy atom. The molecule has 2 fully saturated rings. The van der Waals surface area contributed by atoms with Crippen LogP contribution in [0, 0.1) is 0 Å². The van der Waals surface area contributed by atoms with Crippen LogP contribution in [0.3, 0.4) is 0 Å². The maximum Gasteiger partial charge on any atom is 0.123 e. The number of hydrogen-bond acceptors (Lipinski definition) is 7. The molecule has 2 N–H and O–H groups in total. The molecule has 2 saturated heterocycles. The lowest BCUT2D eigenvalue weighted by Gasteiger charge is -2.27. The van der Waals surface area contributed by atoms with E-state index in [4.69, 9.17) is 19.9 Å². The van der Waals surface area contributed by atoms with Crippen LogP contribution in [0.1, 0.15) is 29.5 Å². The van der Waals surface area contributed by atoms with Crippen molar-refractivity contribution in [2.24, 2.45) is 0 Å². The van der Waals surface area contributed by atoms with Crippen LogP contribution >= 0.6 is 11.3 Å². The van der Waals surface area contributed by atoms with E-state index < -0.39 is 0 Å². The van der Waals surface area contributed by atoms with Gasteiger partial charge >= 0.3 is 0 Å². The summed E-state index contributed by atoms with van der Waals surface area (Å²) in [4.78, 5) is 6.18. The van der Waals surface area contributed by atoms with Crippen LogP contribution in [0.15, 0.2) is 60.7 Å². The summed E-state index contributed by atoms with van der Waals surface area (Å²) in [5.74, 6) is 1.88. The molecule has 0 aliphatic carbocycles. The van der Waals surface area contributed by atoms with Crippen LogP contribution in [0.25, 0.3) is 20.5 Å². The van der Waals surface area contributed by atoms with E-state index in [0.29, 0.717) is 0 Å². The molecule has 1 aromatic heterocycles. The largest absolute Gasteiger partial charge is 0.496 e. The molecular formula is C33H39N3O3S. The molecule has 210 valence electrons. The summed E-state index contributed by atoms with van der Waals surface area (Å²) in [6, 6.07) is 21.5. The fourth-order valence-corrected chi connectivity index (χ4v) is 7.09. The molecule has 3 aromatic carbocycles. The van der Waals surface area contributed by atoms with Crippen molar-refractivity contribution in [3.63, 3.8) is 0 Å². The minimum Gasteiger partial charge on any atom is -0.496 e. The summed E-state index contributed by atoms with van der Waals surface area (Å²) < 4.78 is 18.7. The summed E-state index contributed by atoms with van der Waals surface area (Å²) in [6.45, 7) is 8.52. The highest BCUT2D eigenvalue weighted by molar-refractivity contribution is 7.22. The van der Waals surface area contributed by atoms with E-state index in [1.807, 2.05) is 17.4 Å². The van der Waals surface area contributed by atoms with Gasteiger partial charge in [0.15, 0.2) is 0 Å². The van der Waals surface area contributed by atoms with Crippen molar-refractivity contribution in [3.05, 3.63) is 77.4 Å². The molecule has 7 heteroatoms. The molecule has 0 radical (unpaired) electrons. The minimum atomic E-state index is 0.732. The van der Waals surface area contributed by atoms with Gasteiger partial charge in [0, 0.05) is 47.0 Å². The van der Waals surface area contributed by atoms with E-state index in [0.717, 1.165) is 69.6 Å². The predicted molar refractivity (Wildman–Crippen MR) is 165 cm³/mol. The summed E-state index contributed by atoms with van der Waals surface area (Å²) in [5, 5.41) is 1.26. The number of methoxy groups -OCH3 is 1. The highest BCUT2D eigenvalue weighted by Crippen LogP contribution is 2.41. The van der Waals surface area contributed by atoms with E-state index >= 15 is 0 Å². The molecule has 2 aliphatic rings. The quantitative estimate of drug-likeness (QED) is 0.239. The fourth-order valence-electron chi connectivity index (χ4n) is 5.81. The maximum absolute atomic E-state index is 6.18. The van der Waals surface area contributed by atoms with Gasteiger partial charge < -0.3 is 19.9 Å². The van der Waals surface area contributed by atoms with Gasteiger partial charge in [0.2, 0.25) is 0 Å². The molecule has 4 aromatic rings. The number of nitrogens with zero attached hydrogens (tertiary/aromatic N) is 2. The number of anilines is 1. The van der Waals surface area contributed by atoms with Crippen LogP contribution in [0.5, 0.6) is 11.5 Å². The number of nitrogens with two attached hydrogens (primary N) is 1. The zero-order chi connectivity index (χ0) is 27.3. The van der Waals surface area contributed by atoms with Crippen molar-refractivity contribution >= 4 is 27.1 Å². The standard InChI is InChI=1S/C33H39N3O3S/c1-37-31-21-24(4-5-26(31)23-36-14-17-38-18-15-36)20-30-29-11-8-27(34)22-32(29)40-33(30)25-6-9-28(10-7-25)39-19-16-35-12-2-3-13-35/h4-11,21-22H,2-3,12-20,23,34H2,1H3. The van der Waals surface area contributed by atoms with Gasteiger partial charge in [-0.25, -0.2) is 0 Å². The second kappa shape index (κ2) is 12.6. The number of rotatable bonds is 10. The zero-order valence-electron chi connectivity index (χ0n) is 23.4.